The van der Waals surface area contributed by atoms with Crippen LogP contribution in [-0.2, 0) is 22.5 Å². The summed E-state index contributed by atoms with van der Waals surface area (Å²) in [6.07, 6.45) is 0. The number of hydrogen-bond acceptors (Lipinski definition) is 5. The molecular weight excluding hydrogens is 382 g/mol. The predicted octanol–water partition coefficient (Wildman–Crippen LogP) is 2.05. The van der Waals surface area contributed by atoms with Gasteiger partial charge in [0.1, 0.15) is 0 Å². The molecule has 0 aliphatic rings. The van der Waals surface area contributed by atoms with Gasteiger partial charge >= 0.3 is 5.76 Å². The first-order chi connectivity index (χ1) is 13.0. The van der Waals surface area contributed by atoms with Crippen molar-refractivity contribution in [1.29, 1.82) is 0 Å². The molecule has 2 aromatic carbocycles. The van der Waals surface area contributed by atoms with Gasteiger partial charge in [-0.1, -0.05) is 32.9 Å². The van der Waals surface area contributed by atoms with E-state index in [4.69, 9.17) is 4.42 Å². The van der Waals surface area contributed by atoms with Crippen LogP contribution < -0.4 is 16.0 Å². The van der Waals surface area contributed by atoms with E-state index in [1.54, 1.807) is 12.1 Å². The number of oxazole rings is 1. The van der Waals surface area contributed by atoms with Crippen LogP contribution in [0, 0.1) is 0 Å². The molecule has 8 nitrogen and oxygen atoms in total. The Bertz CT molecular complexity index is 1200. The number of nitrogens with one attached hydrogen (secondary N) is 2. The fourth-order valence-electron chi connectivity index (χ4n) is 2.65. The van der Waals surface area contributed by atoms with Gasteiger partial charge in [0.15, 0.2) is 5.58 Å². The van der Waals surface area contributed by atoms with E-state index in [9.17, 15) is 18.0 Å². The number of hydrogen-bond donors (Lipinski definition) is 2. The monoisotopic (exact) mass is 403 g/mol. The largest absolute Gasteiger partial charge is 0.419 e. The molecule has 0 unspecified atom stereocenters. The highest BCUT2D eigenvalue weighted by Gasteiger charge is 2.19. The van der Waals surface area contributed by atoms with Gasteiger partial charge < -0.3 is 4.42 Å². The van der Waals surface area contributed by atoms with Crippen LogP contribution in [0.2, 0.25) is 0 Å². The van der Waals surface area contributed by atoms with Gasteiger partial charge in [-0.3, -0.25) is 14.8 Å². The van der Waals surface area contributed by atoms with Gasteiger partial charge in [-0.25, -0.2) is 13.2 Å². The molecule has 0 aliphatic heterocycles. The molecule has 0 atom stereocenters. The predicted molar refractivity (Wildman–Crippen MR) is 104 cm³/mol. The Kier molecular flexibility index (Phi) is 4.90. The number of hydrazine groups is 1. The van der Waals surface area contributed by atoms with Crippen LogP contribution in [0.25, 0.3) is 11.1 Å². The Labute approximate surface area is 162 Å². The van der Waals surface area contributed by atoms with Crippen LogP contribution in [0.5, 0.6) is 0 Å². The van der Waals surface area contributed by atoms with Crippen molar-refractivity contribution >= 4 is 27.0 Å². The number of aryl methyl sites for hydroxylation is 1. The molecule has 148 valence electrons. The first-order valence-corrected chi connectivity index (χ1v) is 10.00. The zero-order valence-electron chi connectivity index (χ0n) is 15.9. The Hall–Kier alpha value is -2.91. The van der Waals surface area contributed by atoms with Crippen molar-refractivity contribution in [2.45, 2.75) is 31.1 Å². The first kappa shape index (κ1) is 19.8. The van der Waals surface area contributed by atoms with Crippen molar-refractivity contribution in [2.75, 3.05) is 0 Å². The summed E-state index contributed by atoms with van der Waals surface area (Å²) < 4.78 is 31.1. The summed E-state index contributed by atoms with van der Waals surface area (Å²) in [6, 6.07) is 10.9. The highest BCUT2D eigenvalue weighted by Crippen LogP contribution is 2.22. The third kappa shape index (κ3) is 3.85. The third-order valence-corrected chi connectivity index (χ3v) is 5.63. The smallest absolute Gasteiger partial charge is 0.408 e. The van der Waals surface area contributed by atoms with E-state index in [1.165, 1.54) is 29.8 Å². The van der Waals surface area contributed by atoms with E-state index < -0.39 is 21.7 Å². The summed E-state index contributed by atoms with van der Waals surface area (Å²) in [5.74, 6) is -1.18. The highest BCUT2D eigenvalue weighted by atomic mass is 32.2. The van der Waals surface area contributed by atoms with Gasteiger partial charge in [0.25, 0.3) is 15.9 Å². The average molecular weight is 403 g/mol. The molecule has 3 rings (SSSR count). The zero-order valence-corrected chi connectivity index (χ0v) is 16.8. The molecule has 0 radical (unpaired) electrons. The fraction of sp³-hybridized carbons (Fsp3) is 0.263. The molecule has 3 aromatic rings. The quantitative estimate of drug-likeness (QED) is 0.648. The minimum absolute atomic E-state index is 0.0539. The lowest BCUT2D eigenvalue weighted by Crippen LogP contribution is -2.41. The third-order valence-electron chi connectivity index (χ3n) is 4.39. The number of amides is 1. The molecule has 1 heterocycles. The number of carbonyl (C=O) groups excluding carboxylic acids is 1. The average Bonchev–Trinajstić information content (AvgIpc) is 2.93. The Morgan fingerprint density at radius 3 is 2.32 bits per heavy atom. The van der Waals surface area contributed by atoms with Gasteiger partial charge in [-0.2, -0.15) is 0 Å². The van der Waals surface area contributed by atoms with Gasteiger partial charge in [0.05, 0.1) is 10.4 Å². The summed E-state index contributed by atoms with van der Waals surface area (Å²) in [6.45, 7) is 6.17. The molecule has 0 spiro atoms. The van der Waals surface area contributed by atoms with Crippen LogP contribution >= 0.6 is 0 Å². The van der Waals surface area contributed by atoms with Crippen molar-refractivity contribution in [3.05, 3.63) is 64.1 Å². The molecule has 1 amide bonds. The van der Waals surface area contributed by atoms with Crippen molar-refractivity contribution in [3.8, 4) is 0 Å². The SMILES string of the molecule is Cn1c(=O)oc2cc(S(=O)(=O)NNC(=O)c3ccc(C(C)(C)C)cc3)ccc21. The lowest BCUT2D eigenvalue weighted by atomic mass is 9.87. The molecule has 9 heteroatoms. The molecule has 0 saturated carbocycles. The van der Waals surface area contributed by atoms with Crippen LogP contribution in [0.3, 0.4) is 0 Å². The number of carbonyl (C=O) groups is 1. The Morgan fingerprint density at radius 2 is 1.71 bits per heavy atom. The summed E-state index contributed by atoms with van der Waals surface area (Å²) in [5.41, 5.74) is 4.11. The van der Waals surface area contributed by atoms with Crippen molar-refractivity contribution in [2.24, 2.45) is 7.05 Å². The maximum Gasteiger partial charge on any atom is 0.419 e. The summed E-state index contributed by atoms with van der Waals surface area (Å²) >= 11 is 0. The van der Waals surface area contributed by atoms with E-state index in [-0.39, 0.29) is 15.9 Å². The van der Waals surface area contributed by atoms with E-state index in [0.717, 1.165) is 5.56 Å². The van der Waals surface area contributed by atoms with Gasteiger partial charge in [-0.05, 0) is 35.2 Å². The second-order valence-corrected chi connectivity index (χ2v) is 9.13. The van der Waals surface area contributed by atoms with Crippen LogP contribution in [0.1, 0.15) is 36.7 Å². The fourth-order valence-corrected chi connectivity index (χ4v) is 3.50. The standard InChI is InChI=1S/C19H21N3O5S/c1-19(2,3)13-7-5-12(6-8-13)17(23)20-21-28(25,26)14-9-10-15-16(11-14)27-18(24)22(15)4/h5-11,21H,1-4H3,(H,20,23). The summed E-state index contributed by atoms with van der Waals surface area (Å²) in [5, 5.41) is 0. The summed E-state index contributed by atoms with van der Waals surface area (Å²) in [7, 11) is -2.52. The number of fused-ring (bicyclic) bond motifs is 1. The molecular formula is C19H21N3O5S. The second-order valence-electron chi connectivity index (χ2n) is 7.44. The lowest BCUT2D eigenvalue weighted by molar-refractivity contribution is 0.0945. The van der Waals surface area contributed by atoms with Crippen LogP contribution in [0.15, 0.2) is 56.6 Å². The van der Waals surface area contributed by atoms with Crippen LogP contribution in [-0.4, -0.2) is 18.9 Å². The molecule has 0 bridgehead atoms. The zero-order chi connectivity index (χ0) is 20.7. The van der Waals surface area contributed by atoms with Gasteiger partial charge in [0, 0.05) is 18.7 Å². The minimum Gasteiger partial charge on any atom is -0.408 e. The number of benzene rings is 2. The number of rotatable bonds is 4. The number of sulfonamides is 1. The lowest BCUT2D eigenvalue weighted by Gasteiger charge is -2.19. The molecule has 0 aliphatic carbocycles. The maximum absolute atomic E-state index is 12.4. The second kappa shape index (κ2) is 6.92. The molecule has 28 heavy (non-hydrogen) atoms. The van der Waals surface area contributed by atoms with Crippen molar-refractivity contribution in [1.82, 2.24) is 14.8 Å². The molecule has 0 saturated heterocycles. The van der Waals surface area contributed by atoms with Crippen molar-refractivity contribution in [3.63, 3.8) is 0 Å². The Balaban J connectivity index is 1.76. The maximum atomic E-state index is 12.4. The first-order valence-electron chi connectivity index (χ1n) is 8.51. The Morgan fingerprint density at radius 1 is 1.07 bits per heavy atom. The molecule has 0 fully saturated rings. The van der Waals surface area contributed by atoms with Gasteiger partial charge in [-0.15, -0.1) is 4.83 Å². The van der Waals surface area contributed by atoms with E-state index in [1.807, 2.05) is 12.1 Å². The molecule has 2 N–H and O–H groups in total. The minimum atomic E-state index is -4.04. The normalized spacial score (nSPS) is 12.3. The number of nitrogens with zero attached hydrogens (tertiary/aromatic N) is 1. The van der Waals surface area contributed by atoms with E-state index in [0.29, 0.717) is 11.1 Å². The van der Waals surface area contributed by atoms with E-state index in [2.05, 4.69) is 31.0 Å². The van der Waals surface area contributed by atoms with Crippen molar-refractivity contribution < 1.29 is 17.6 Å². The van der Waals surface area contributed by atoms with Crippen LogP contribution in [0.4, 0.5) is 0 Å². The topological polar surface area (TPSA) is 110 Å². The van der Waals surface area contributed by atoms with Gasteiger partial charge in [0.2, 0.25) is 0 Å². The summed E-state index contributed by atoms with van der Waals surface area (Å²) in [4.78, 5) is 25.7. The number of aromatic nitrogens is 1. The van der Waals surface area contributed by atoms with E-state index >= 15 is 0 Å². The molecule has 1 aromatic heterocycles. The highest BCUT2D eigenvalue weighted by molar-refractivity contribution is 7.89.